The number of nitrogen functional groups attached to an aromatic ring is 1. The third-order valence-electron chi connectivity index (χ3n) is 3.70. The average molecular weight is 351 g/mol. The van der Waals surface area contributed by atoms with Crippen LogP contribution < -0.4 is 5.73 Å². The molecule has 0 saturated heterocycles. The summed E-state index contributed by atoms with van der Waals surface area (Å²) in [6.45, 7) is 2.24. The van der Waals surface area contributed by atoms with Crippen LogP contribution >= 0.6 is 15.9 Å². The van der Waals surface area contributed by atoms with Crippen LogP contribution in [0.2, 0.25) is 0 Å². The Bertz CT molecular complexity index is 566. The molecule has 0 saturated carbocycles. The van der Waals surface area contributed by atoms with Crippen molar-refractivity contribution >= 4 is 21.8 Å². The number of benzene rings is 1. The highest BCUT2D eigenvalue weighted by Crippen LogP contribution is 2.35. The highest BCUT2D eigenvalue weighted by atomic mass is 79.9. The summed E-state index contributed by atoms with van der Waals surface area (Å²) >= 11 is 3.57. The lowest BCUT2D eigenvalue weighted by Crippen LogP contribution is -1.93. The van der Waals surface area contributed by atoms with E-state index in [2.05, 4.69) is 28.0 Å². The molecule has 2 aromatic rings. The Balaban J connectivity index is 2.00. The summed E-state index contributed by atoms with van der Waals surface area (Å²) in [5.74, 6) is 0.405. The maximum Gasteiger partial charge on any atom is 0.230 e. The Morgan fingerprint density at radius 2 is 1.81 bits per heavy atom. The predicted octanol–water partition coefficient (Wildman–Crippen LogP) is 5.59. The van der Waals surface area contributed by atoms with Crippen molar-refractivity contribution in [3.8, 4) is 11.1 Å². The van der Waals surface area contributed by atoms with Gasteiger partial charge in [-0.25, -0.2) is 0 Å². The number of hydrogen-bond donors (Lipinski definition) is 1. The number of rotatable bonds is 8. The van der Waals surface area contributed by atoms with Crippen molar-refractivity contribution in [1.82, 2.24) is 5.16 Å². The van der Waals surface area contributed by atoms with Gasteiger partial charge >= 0.3 is 0 Å². The van der Waals surface area contributed by atoms with E-state index in [-0.39, 0.29) is 0 Å². The molecule has 3 nitrogen and oxygen atoms in total. The summed E-state index contributed by atoms with van der Waals surface area (Å²) in [4.78, 5) is 0. The van der Waals surface area contributed by atoms with Crippen LogP contribution in [0.1, 0.15) is 51.1 Å². The SMILES string of the molecule is CCCCCCCCc1noc(N)c1-c1ccccc1Br. The van der Waals surface area contributed by atoms with Gasteiger partial charge in [-0.3, -0.25) is 0 Å². The normalized spacial score (nSPS) is 11.0. The number of aromatic nitrogens is 1. The van der Waals surface area contributed by atoms with Crippen molar-refractivity contribution in [2.75, 3.05) is 5.73 Å². The summed E-state index contributed by atoms with van der Waals surface area (Å²) in [6, 6.07) is 8.04. The largest absolute Gasteiger partial charge is 0.367 e. The van der Waals surface area contributed by atoms with Gasteiger partial charge in [0.2, 0.25) is 5.88 Å². The Labute approximate surface area is 135 Å². The first-order chi connectivity index (χ1) is 10.2. The predicted molar refractivity (Wildman–Crippen MR) is 91.1 cm³/mol. The van der Waals surface area contributed by atoms with E-state index >= 15 is 0 Å². The number of halogens is 1. The number of nitrogens with zero attached hydrogens (tertiary/aromatic N) is 1. The summed E-state index contributed by atoms with van der Waals surface area (Å²) in [6.07, 6.45) is 8.53. The van der Waals surface area contributed by atoms with E-state index < -0.39 is 0 Å². The van der Waals surface area contributed by atoms with E-state index in [1.807, 2.05) is 24.3 Å². The molecule has 0 aliphatic carbocycles. The van der Waals surface area contributed by atoms with Gasteiger partial charge in [0, 0.05) is 10.0 Å². The van der Waals surface area contributed by atoms with Crippen LogP contribution in [0.5, 0.6) is 0 Å². The second-order valence-corrected chi connectivity index (χ2v) is 6.22. The van der Waals surface area contributed by atoms with E-state index in [9.17, 15) is 0 Å². The van der Waals surface area contributed by atoms with Gasteiger partial charge in [-0.2, -0.15) is 0 Å². The van der Waals surface area contributed by atoms with Gasteiger partial charge in [0.1, 0.15) is 0 Å². The molecular weight excluding hydrogens is 328 g/mol. The first kappa shape index (κ1) is 16.1. The van der Waals surface area contributed by atoms with Crippen molar-refractivity contribution in [2.45, 2.75) is 51.9 Å². The van der Waals surface area contributed by atoms with Crippen LogP contribution in [0.25, 0.3) is 11.1 Å². The lowest BCUT2D eigenvalue weighted by molar-refractivity contribution is 0.425. The van der Waals surface area contributed by atoms with Crippen LogP contribution in [0.15, 0.2) is 33.3 Å². The summed E-state index contributed by atoms with van der Waals surface area (Å²) in [5.41, 5.74) is 8.92. The lowest BCUT2D eigenvalue weighted by atomic mass is 10.0. The standard InChI is InChI=1S/C17H23BrN2O/c1-2-3-4-5-6-7-12-15-16(17(19)21-20-15)13-10-8-9-11-14(13)18/h8-11H,2-7,12,19H2,1H3. The van der Waals surface area contributed by atoms with E-state index in [1.54, 1.807) is 0 Å². The van der Waals surface area contributed by atoms with E-state index in [1.165, 1.54) is 32.1 Å². The molecule has 2 N–H and O–H groups in total. The monoisotopic (exact) mass is 350 g/mol. The molecular formula is C17H23BrN2O. The maximum atomic E-state index is 5.96. The van der Waals surface area contributed by atoms with Crippen LogP contribution in [0.3, 0.4) is 0 Å². The number of nitrogens with two attached hydrogens (primary N) is 1. The van der Waals surface area contributed by atoms with Gasteiger partial charge in [0.05, 0.1) is 11.3 Å². The summed E-state index contributed by atoms with van der Waals surface area (Å²) in [7, 11) is 0. The van der Waals surface area contributed by atoms with E-state index in [0.717, 1.165) is 34.1 Å². The number of anilines is 1. The fraction of sp³-hybridized carbons (Fsp3) is 0.471. The molecule has 114 valence electrons. The van der Waals surface area contributed by atoms with Gasteiger partial charge in [0.15, 0.2) is 0 Å². The molecule has 0 unspecified atom stereocenters. The van der Waals surface area contributed by atoms with Crippen molar-refractivity contribution in [3.05, 3.63) is 34.4 Å². The van der Waals surface area contributed by atoms with Gasteiger partial charge in [0.25, 0.3) is 0 Å². The zero-order valence-electron chi connectivity index (χ0n) is 12.6. The van der Waals surface area contributed by atoms with Crippen molar-refractivity contribution in [1.29, 1.82) is 0 Å². The summed E-state index contributed by atoms with van der Waals surface area (Å²) < 4.78 is 6.23. The molecule has 0 amide bonds. The summed E-state index contributed by atoms with van der Waals surface area (Å²) in [5, 5.41) is 4.15. The first-order valence-electron chi connectivity index (χ1n) is 7.73. The zero-order chi connectivity index (χ0) is 15.1. The molecule has 0 spiro atoms. The molecule has 0 radical (unpaired) electrons. The Morgan fingerprint density at radius 1 is 1.10 bits per heavy atom. The smallest absolute Gasteiger partial charge is 0.230 e. The van der Waals surface area contributed by atoms with Gasteiger partial charge in [-0.1, -0.05) is 78.3 Å². The number of unbranched alkanes of at least 4 members (excludes halogenated alkanes) is 5. The van der Waals surface area contributed by atoms with E-state index in [0.29, 0.717) is 5.88 Å². The fourth-order valence-electron chi connectivity index (χ4n) is 2.53. The number of aryl methyl sites for hydroxylation is 1. The van der Waals surface area contributed by atoms with Gasteiger partial charge in [-0.15, -0.1) is 0 Å². The quantitative estimate of drug-likeness (QED) is 0.631. The average Bonchev–Trinajstić information content (AvgIpc) is 2.84. The minimum absolute atomic E-state index is 0.405. The van der Waals surface area contributed by atoms with Crippen LogP contribution in [0, 0.1) is 0 Å². The molecule has 4 heteroatoms. The molecule has 1 aromatic carbocycles. The van der Waals surface area contributed by atoms with Crippen molar-refractivity contribution < 1.29 is 4.52 Å². The molecule has 0 bridgehead atoms. The number of hydrogen-bond acceptors (Lipinski definition) is 3. The van der Waals surface area contributed by atoms with E-state index in [4.69, 9.17) is 10.3 Å². The molecule has 0 aliphatic heterocycles. The van der Waals surface area contributed by atoms with Crippen LogP contribution in [0.4, 0.5) is 5.88 Å². The molecule has 0 atom stereocenters. The Hall–Kier alpha value is -1.29. The first-order valence-corrected chi connectivity index (χ1v) is 8.52. The van der Waals surface area contributed by atoms with Crippen LogP contribution in [-0.4, -0.2) is 5.16 Å². The van der Waals surface area contributed by atoms with Crippen LogP contribution in [-0.2, 0) is 6.42 Å². The molecule has 0 fully saturated rings. The minimum Gasteiger partial charge on any atom is -0.367 e. The topological polar surface area (TPSA) is 52.0 Å². The molecule has 0 aliphatic rings. The van der Waals surface area contributed by atoms with Crippen molar-refractivity contribution in [3.63, 3.8) is 0 Å². The highest BCUT2D eigenvalue weighted by Gasteiger charge is 2.17. The highest BCUT2D eigenvalue weighted by molar-refractivity contribution is 9.10. The lowest BCUT2D eigenvalue weighted by Gasteiger charge is -2.05. The molecule has 21 heavy (non-hydrogen) atoms. The molecule has 1 aromatic heterocycles. The Kier molecular flexibility index (Phi) is 6.30. The fourth-order valence-corrected chi connectivity index (χ4v) is 3.02. The third kappa shape index (κ3) is 4.34. The second kappa shape index (κ2) is 8.23. The zero-order valence-corrected chi connectivity index (χ0v) is 14.2. The minimum atomic E-state index is 0.405. The van der Waals surface area contributed by atoms with Crippen molar-refractivity contribution in [2.24, 2.45) is 0 Å². The Morgan fingerprint density at radius 3 is 2.57 bits per heavy atom. The third-order valence-corrected chi connectivity index (χ3v) is 4.39. The van der Waals surface area contributed by atoms with Gasteiger partial charge in [-0.05, 0) is 18.9 Å². The maximum absolute atomic E-state index is 5.96. The van der Waals surface area contributed by atoms with Gasteiger partial charge < -0.3 is 10.3 Å². The molecule has 1 heterocycles. The second-order valence-electron chi connectivity index (χ2n) is 5.37. The molecule has 2 rings (SSSR count).